The number of aromatic amines is 1. The average molecular weight is 534 g/mol. The molecule has 4 aromatic rings. The number of ether oxygens (including phenoxy) is 1. The molecule has 7 nitrogen and oxygen atoms in total. The standard InChI is InChI=1S/C27H32AsN5O2/c1-4-33(5-2)15-16-35-23-14-13-22(24-25(23)31-32-26(24)28)19-9-11-20(12-10-19)29-27(34)30-21-8-6-7-18(3)17-21/h6-14,17H,4-5,15-16,28H2,1-3H3,(H,31,32)(H2,29,30,34). The number of H-pyrrole nitrogens is 1. The summed E-state index contributed by atoms with van der Waals surface area (Å²) in [7, 11) is 0. The Hall–Kier alpha value is -3.28. The number of benzene rings is 3. The fourth-order valence-corrected chi connectivity index (χ4v) is 4.83. The molecule has 3 aromatic carbocycles. The Morgan fingerprint density at radius 3 is 2.49 bits per heavy atom. The van der Waals surface area contributed by atoms with Gasteiger partial charge in [0.1, 0.15) is 0 Å². The van der Waals surface area contributed by atoms with Crippen molar-refractivity contribution in [1.82, 2.24) is 15.1 Å². The van der Waals surface area contributed by atoms with Gasteiger partial charge in [0, 0.05) is 0 Å². The Morgan fingerprint density at radius 1 is 1.03 bits per heavy atom. The van der Waals surface area contributed by atoms with Crippen molar-refractivity contribution >= 4 is 49.6 Å². The van der Waals surface area contributed by atoms with Crippen LogP contribution in [0.25, 0.3) is 22.0 Å². The molecule has 0 aliphatic heterocycles. The van der Waals surface area contributed by atoms with Crippen LogP contribution < -0.4 is 19.9 Å². The molecule has 35 heavy (non-hydrogen) atoms. The maximum absolute atomic E-state index is 12.4. The second-order valence-electron chi connectivity index (χ2n) is 8.37. The predicted octanol–water partition coefficient (Wildman–Crippen LogP) is 4.16. The fourth-order valence-electron chi connectivity index (χ4n) is 4.07. The van der Waals surface area contributed by atoms with Crippen molar-refractivity contribution in [2.24, 2.45) is 0 Å². The van der Waals surface area contributed by atoms with E-state index in [1.54, 1.807) is 0 Å². The van der Waals surface area contributed by atoms with Crippen molar-refractivity contribution in [3.63, 3.8) is 0 Å². The topological polar surface area (TPSA) is 82.3 Å². The molecule has 182 valence electrons. The van der Waals surface area contributed by atoms with Gasteiger partial charge in [0.25, 0.3) is 0 Å². The molecule has 0 aliphatic rings. The maximum atomic E-state index is 12.4. The van der Waals surface area contributed by atoms with Crippen molar-refractivity contribution in [3.8, 4) is 16.9 Å². The zero-order chi connectivity index (χ0) is 24.8. The van der Waals surface area contributed by atoms with Gasteiger partial charge < -0.3 is 0 Å². The molecule has 0 fully saturated rings. The van der Waals surface area contributed by atoms with Gasteiger partial charge in [-0.25, -0.2) is 0 Å². The molecule has 3 N–H and O–H groups in total. The quantitative estimate of drug-likeness (QED) is 0.282. The van der Waals surface area contributed by atoms with Crippen molar-refractivity contribution in [2.75, 3.05) is 36.9 Å². The number of aryl methyl sites for hydroxylation is 1. The van der Waals surface area contributed by atoms with Crippen molar-refractivity contribution < 1.29 is 9.53 Å². The van der Waals surface area contributed by atoms with Crippen LogP contribution in [0.2, 0.25) is 0 Å². The first-order valence-corrected chi connectivity index (χ1v) is 13.1. The van der Waals surface area contributed by atoms with Gasteiger partial charge in [-0.05, 0) is 12.5 Å². The summed E-state index contributed by atoms with van der Waals surface area (Å²) in [5.41, 5.74) is 5.63. The van der Waals surface area contributed by atoms with E-state index in [4.69, 9.17) is 4.74 Å². The average Bonchev–Trinajstić information content (AvgIpc) is 3.24. The van der Waals surface area contributed by atoms with Gasteiger partial charge in [-0.2, -0.15) is 0 Å². The number of nitrogens with one attached hydrogen (secondary N) is 3. The van der Waals surface area contributed by atoms with Gasteiger partial charge in [0.15, 0.2) is 0 Å². The van der Waals surface area contributed by atoms with E-state index in [2.05, 4.69) is 45.6 Å². The number of anilines is 2. The third-order valence-corrected chi connectivity index (χ3v) is 6.88. The molecule has 1 unspecified atom stereocenters. The van der Waals surface area contributed by atoms with E-state index in [1.165, 1.54) is 16.9 Å². The molecule has 0 spiro atoms. The zero-order valence-corrected chi connectivity index (χ0v) is 22.8. The minimum atomic E-state index is -0.273. The van der Waals surface area contributed by atoms with Crippen LogP contribution in [0.15, 0.2) is 60.7 Å². The number of nitrogens with zero attached hydrogens (tertiary/aromatic N) is 2. The summed E-state index contributed by atoms with van der Waals surface area (Å²) in [6.45, 7) is 9.86. The van der Waals surface area contributed by atoms with Crippen LogP contribution >= 0.6 is 0 Å². The van der Waals surface area contributed by atoms with Crippen LogP contribution in [0.3, 0.4) is 0 Å². The molecule has 1 heterocycles. The van der Waals surface area contributed by atoms with E-state index in [9.17, 15) is 4.79 Å². The monoisotopic (exact) mass is 533 g/mol. The molecule has 2 amide bonds. The van der Waals surface area contributed by atoms with Gasteiger partial charge >= 0.3 is 190 Å². The Balaban J connectivity index is 1.48. The van der Waals surface area contributed by atoms with E-state index < -0.39 is 0 Å². The van der Waals surface area contributed by atoms with Gasteiger partial charge in [-0.1, -0.05) is 12.1 Å². The molecule has 4 rings (SSSR count). The number of likely N-dealkylation sites (N-methyl/N-ethyl adjacent to an activating group) is 1. The summed E-state index contributed by atoms with van der Waals surface area (Å²) in [5, 5.41) is 14.5. The molecule has 0 bridgehead atoms. The number of aromatic nitrogens is 2. The van der Waals surface area contributed by atoms with Crippen LogP contribution in [-0.2, 0) is 0 Å². The van der Waals surface area contributed by atoms with Crippen LogP contribution in [0.4, 0.5) is 16.2 Å². The summed E-state index contributed by atoms with van der Waals surface area (Å²) >= 11 is 1.47. The molecule has 0 saturated heterocycles. The van der Waals surface area contributed by atoms with Gasteiger partial charge in [0.05, 0.1) is 0 Å². The second-order valence-corrected chi connectivity index (χ2v) is 9.52. The Bertz CT molecular complexity index is 1300. The van der Waals surface area contributed by atoms with Crippen LogP contribution in [0.5, 0.6) is 5.75 Å². The number of rotatable bonds is 9. The van der Waals surface area contributed by atoms with E-state index in [-0.39, 0.29) is 6.03 Å². The molecule has 0 radical (unpaired) electrons. The normalized spacial score (nSPS) is 11.1. The number of amides is 2. The van der Waals surface area contributed by atoms with Crippen molar-refractivity contribution in [3.05, 3.63) is 66.2 Å². The predicted molar refractivity (Wildman–Crippen MR) is 147 cm³/mol. The van der Waals surface area contributed by atoms with Crippen LogP contribution in [0.1, 0.15) is 19.4 Å². The number of urea groups is 1. The van der Waals surface area contributed by atoms with Gasteiger partial charge in [0.2, 0.25) is 0 Å². The second kappa shape index (κ2) is 11.4. The molecule has 8 heteroatoms. The Labute approximate surface area is 214 Å². The third-order valence-electron chi connectivity index (χ3n) is 6.00. The van der Waals surface area contributed by atoms with E-state index in [0.717, 1.165) is 68.8 Å². The van der Waals surface area contributed by atoms with Crippen molar-refractivity contribution in [1.29, 1.82) is 0 Å². The molecular weight excluding hydrogens is 501 g/mol. The summed E-state index contributed by atoms with van der Waals surface area (Å²) in [5.74, 6) is 0.818. The van der Waals surface area contributed by atoms with E-state index in [0.29, 0.717) is 6.61 Å². The summed E-state index contributed by atoms with van der Waals surface area (Å²) in [4.78, 5) is 14.7. The minimum absolute atomic E-state index is 0.273. The number of hydrogen-bond acceptors (Lipinski definition) is 4. The summed E-state index contributed by atoms with van der Waals surface area (Å²) in [6, 6.07) is 19.4. The van der Waals surface area contributed by atoms with Gasteiger partial charge in [-0.3, -0.25) is 0 Å². The molecule has 0 saturated carbocycles. The summed E-state index contributed by atoms with van der Waals surface area (Å²) in [6.07, 6.45) is 0. The first-order valence-electron chi connectivity index (χ1n) is 11.8. The van der Waals surface area contributed by atoms with Gasteiger partial charge in [-0.15, -0.1) is 0 Å². The Kier molecular flexibility index (Phi) is 8.11. The first-order chi connectivity index (χ1) is 17.0. The molecular formula is C27H32AsN5O2. The zero-order valence-electron chi connectivity index (χ0n) is 20.4. The van der Waals surface area contributed by atoms with Crippen LogP contribution in [-0.4, -0.2) is 64.2 Å². The van der Waals surface area contributed by atoms with E-state index in [1.807, 2.05) is 61.5 Å². The number of fused-ring (bicyclic) bond motifs is 1. The Morgan fingerprint density at radius 2 is 1.77 bits per heavy atom. The first kappa shape index (κ1) is 24.8. The van der Waals surface area contributed by atoms with Crippen molar-refractivity contribution in [2.45, 2.75) is 20.8 Å². The fraction of sp³-hybridized carbons (Fsp3) is 0.259. The number of carbonyl (C=O) groups is 1. The molecule has 0 aliphatic carbocycles. The molecule has 1 aromatic heterocycles. The number of hydrogen-bond donors (Lipinski definition) is 3. The van der Waals surface area contributed by atoms with E-state index >= 15 is 0 Å². The number of carbonyl (C=O) groups excluding carboxylic acids is 1. The molecule has 1 atom stereocenters. The summed E-state index contributed by atoms with van der Waals surface area (Å²) < 4.78 is 7.10. The third kappa shape index (κ3) is 6.05. The SMILES string of the molecule is CCN(CC)CCOc1ccc(-c2ccc(NC(=O)Nc3cccc(C)c3)cc2)c2c([AsH2])n[nH]c12. The van der Waals surface area contributed by atoms with Crippen LogP contribution in [0, 0.1) is 6.92 Å².